The van der Waals surface area contributed by atoms with E-state index in [-0.39, 0.29) is 35.0 Å². The molecule has 1 saturated heterocycles. The number of halogens is 5. The van der Waals surface area contributed by atoms with Gasteiger partial charge in [0.15, 0.2) is 0 Å². The molecule has 0 saturated carbocycles. The minimum atomic E-state index is -4.50. The number of hydrogen-bond donors (Lipinski definition) is 0. The van der Waals surface area contributed by atoms with Gasteiger partial charge in [-0.2, -0.15) is 13.2 Å². The molecule has 7 heteroatoms. The van der Waals surface area contributed by atoms with Gasteiger partial charge in [0.2, 0.25) is 5.91 Å². The average Bonchev–Trinajstić information content (AvgIpc) is 2.55. The van der Waals surface area contributed by atoms with Crippen molar-refractivity contribution in [1.82, 2.24) is 0 Å². The quantitative estimate of drug-likeness (QED) is 0.724. The summed E-state index contributed by atoms with van der Waals surface area (Å²) in [5.41, 5.74) is -0.751. The number of carbonyl (C=O) groups excluding carboxylic acids is 1. The molecule has 1 aromatic carbocycles. The van der Waals surface area contributed by atoms with E-state index in [2.05, 4.69) is 0 Å². The van der Waals surface area contributed by atoms with Crippen LogP contribution in [0.5, 0.6) is 0 Å². The van der Waals surface area contributed by atoms with Crippen LogP contribution in [0.2, 0.25) is 5.02 Å². The summed E-state index contributed by atoms with van der Waals surface area (Å²) in [5.74, 6) is -0.301. The Bertz CT molecular complexity index is 490. The molecule has 1 unspecified atom stereocenters. The highest BCUT2D eigenvalue weighted by atomic mass is 35.5. The maximum Gasteiger partial charge on any atom is 0.416 e. The van der Waals surface area contributed by atoms with Crippen molar-refractivity contribution in [3.05, 3.63) is 28.8 Å². The van der Waals surface area contributed by atoms with Crippen molar-refractivity contribution in [2.24, 2.45) is 0 Å². The Morgan fingerprint density at radius 2 is 1.94 bits per heavy atom. The van der Waals surface area contributed by atoms with E-state index < -0.39 is 11.7 Å². The van der Waals surface area contributed by atoms with Crippen LogP contribution >= 0.6 is 23.2 Å². The van der Waals surface area contributed by atoms with Crippen molar-refractivity contribution < 1.29 is 18.0 Å². The molecule has 0 N–H and O–H groups in total. The number of carbonyl (C=O) groups is 1. The third-order valence-corrected chi connectivity index (χ3v) is 3.11. The normalized spacial score (nSPS) is 20.6. The molecule has 0 spiro atoms. The second-order valence-electron chi connectivity index (χ2n) is 4.00. The molecule has 0 radical (unpaired) electrons. The number of anilines is 1. The third kappa shape index (κ3) is 2.72. The van der Waals surface area contributed by atoms with Crippen LogP contribution in [-0.4, -0.2) is 17.8 Å². The first kappa shape index (κ1) is 13.5. The van der Waals surface area contributed by atoms with Crippen LogP contribution < -0.4 is 4.90 Å². The molecule has 0 aromatic heterocycles. The van der Waals surface area contributed by atoms with Crippen molar-refractivity contribution in [3.8, 4) is 0 Å². The molecular weight excluding hydrogens is 290 g/mol. The smallest absolute Gasteiger partial charge is 0.311 e. The summed E-state index contributed by atoms with van der Waals surface area (Å²) >= 11 is 11.5. The van der Waals surface area contributed by atoms with E-state index in [0.717, 1.165) is 12.1 Å². The predicted molar refractivity (Wildman–Crippen MR) is 63.1 cm³/mol. The molecule has 1 heterocycles. The maximum absolute atomic E-state index is 12.6. The van der Waals surface area contributed by atoms with Crippen LogP contribution in [0, 0.1) is 0 Å². The highest BCUT2D eigenvalue weighted by molar-refractivity contribution is 6.31. The standard InChI is InChI=1S/C11H8Cl2F3NO/c12-7-1-6(11(14,15)16)2-9(3-7)17-5-8(13)4-10(17)18/h1-3,8H,4-5H2. The van der Waals surface area contributed by atoms with Gasteiger partial charge in [-0.15, -0.1) is 11.6 Å². The fourth-order valence-corrected chi connectivity index (χ4v) is 2.31. The van der Waals surface area contributed by atoms with Gasteiger partial charge in [0.1, 0.15) is 0 Å². The highest BCUT2D eigenvalue weighted by Crippen LogP contribution is 2.35. The molecular formula is C11H8Cl2F3NO. The Balaban J connectivity index is 2.40. The molecule has 0 aliphatic carbocycles. The van der Waals surface area contributed by atoms with Crippen LogP contribution in [0.15, 0.2) is 18.2 Å². The van der Waals surface area contributed by atoms with Gasteiger partial charge in [0, 0.05) is 23.7 Å². The monoisotopic (exact) mass is 297 g/mol. The summed E-state index contributed by atoms with van der Waals surface area (Å²) < 4.78 is 37.9. The van der Waals surface area contributed by atoms with Crippen LogP contribution in [-0.2, 0) is 11.0 Å². The molecule has 1 aromatic rings. The SMILES string of the molecule is O=C1CC(Cl)CN1c1cc(Cl)cc(C(F)(F)F)c1. The van der Waals surface area contributed by atoms with Gasteiger partial charge in [-0.1, -0.05) is 11.6 Å². The lowest BCUT2D eigenvalue weighted by Crippen LogP contribution is -2.25. The van der Waals surface area contributed by atoms with Gasteiger partial charge < -0.3 is 4.90 Å². The Labute approximate surface area is 111 Å². The van der Waals surface area contributed by atoms with E-state index in [1.165, 1.54) is 11.0 Å². The molecule has 1 aliphatic rings. The zero-order valence-corrected chi connectivity index (χ0v) is 10.5. The predicted octanol–water partition coefficient (Wildman–Crippen LogP) is 3.70. The van der Waals surface area contributed by atoms with Crippen molar-refractivity contribution >= 4 is 34.8 Å². The number of alkyl halides is 4. The van der Waals surface area contributed by atoms with E-state index in [9.17, 15) is 18.0 Å². The molecule has 1 fully saturated rings. The summed E-state index contributed by atoms with van der Waals surface area (Å²) in [5, 5.41) is -0.448. The highest BCUT2D eigenvalue weighted by Gasteiger charge is 2.34. The summed E-state index contributed by atoms with van der Waals surface area (Å²) in [6, 6.07) is 3.05. The maximum atomic E-state index is 12.6. The number of rotatable bonds is 1. The summed E-state index contributed by atoms with van der Waals surface area (Å²) in [6.45, 7) is 0.192. The van der Waals surface area contributed by atoms with Crippen molar-refractivity contribution in [3.63, 3.8) is 0 Å². The minimum absolute atomic E-state index is 0.0642. The second-order valence-corrected chi connectivity index (χ2v) is 5.06. The van der Waals surface area contributed by atoms with Crippen molar-refractivity contribution in [1.29, 1.82) is 0 Å². The molecule has 0 bridgehead atoms. The minimum Gasteiger partial charge on any atom is -0.311 e. The lowest BCUT2D eigenvalue weighted by molar-refractivity contribution is -0.137. The van der Waals surface area contributed by atoms with Gasteiger partial charge in [0.25, 0.3) is 0 Å². The van der Waals surface area contributed by atoms with E-state index >= 15 is 0 Å². The molecule has 1 atom stereocenters. The lowest BCUT2D eigenvalue weighted by Gasteiger charge is -2.18. The van der Waals surface area contributed by atoms with Crippen molar-refractivity contribution in [2.75, 3.05) is 11.4 Å². The summed E-state index contributed by atoms with van der Waals surface area (Å²) in [4.78, 5) is 12.8. The third-order valence-electron chi connectivity index (χ3n) is 2.60. The van der Waals surface area contributed by atoms with Crippen molar-refractivity contribution in [2.45, 2.75) is 18.0 Å². The fourth-order valence-electron chi connectivity index (χ4n) is 1.81. The molecule has 18 heavy (non-hydrogen) atoms. The number of nitrogens with zero attached hydrogens (tertiary/aromatic N) is 1. The Morgan fingerprint density at radius 3 is 2.44 bits per heavy atom. The average molecular weight is 298 g/mol. The first-order valence-corrected chi connectivity index (χ1v) is 5.91. The molecule has 2 rings (SSSR count). The molecule has 2 nitrogen and oxygen atoms in total. The summed E-state index contributed by atoms with van der Waals surface area (Å²) in [6.07, 6.45) is -4.38. The number of hydrogen-bond acceptors (Lipinski definition) is 1. The van der Waals surface area contributed by atoms with Crippen LogP contribution in [0.25, 0.3) is 0 Å². The van der Waals surface area contributed by atoms with E-state index in [1.54, 1.807) is 0 Å². The Kier molecular flexibility index (Phi) is 3.47. The largest absolute Gasteiger partial charge is 0.416 e. The molecule has 1 aliphatic heterocycles. The van der Waals surface area contributed by atoms with Gasteiger partial charge in [-0.25, -0.2) is 0 Å². The van der Waals surface area contributed by atoms with Crippen LogP contribution in [0.4, 0.5) is 18.9 Å². The molecule has 98 valence electrons. The molecule has 1 amide bonds. The van der Waals surface area contributed by atoms with E-state index in [4.69, 9.17) is 23.2 Å². The first-order chi connectivity index (χ1) is 8.27. The van der Waals surface area contributed by atoms with Crippen LogP contribution in [0.3, 0.4) is 0 Å². The zero-order chi connectivity index (χ0) is 13.5. The van der Waals surface area contributed by atoms with E-state index in [1.807, 2.05) is 0 Å². The van der Waals surface area contributed by atoms with Gasteiger partial charge >= 0.3 is 6.18 Å². The lowest BCUT2D eigenvalue weighted by atomic mass is 10.2. The number of benzene rings is 1. The fraction of sp³-hybridized carbons (Fsp3) is 0.364. The first-order valence-electron chi connectivity index (χ1n) is 5.09. The van der Waals surface area contributed by atoms with Gasteiger partial charge in [-0.05, 0) is 18.2 Å². The van der Waals surface area contributed by atoms with E-state index in [0.29, 0.717) is 0 Å². The Morgan fingerprint density at radius 1 is 1.28 bits per heavy atom. The number of amides is 1. The zero-order valence-electron chi connectivity index (χ0n) is 8.97. The summed E-state index contributed by atoms with van der Waals surface area (Å²) in [7, 11) is 0. The topological polar surface area (TPSA) is 20.3 Å². The Hall–Kier alpha value is -0.940. The van der Waals surface area contributed by atoms with Gasteiger partial charge in [0.05, 0.1) is 10.9 Å². The second kappa shape index (κ2) is 4.63. The van der Waals surface area contributed by atoms with Gasteiger partial charge in [-0.3, -0.25) is 4.79 Å². The van der Waals surface area contributed by atoms with Crippen LogP contribution in [0.1, 0.15) is 12.0 Å².